The molecular weight excluding hydrogens is 184 g/mol. The third kappa shape index (κ3) is 11.8. The van der Waals surface area contributed by atoms with Crippen LogP contribution in [-0.4, -0.2) is 37.6 Å². The van der Waals surface area contributed by atoms with E-state index in [1.54, 1.807) is 0 Å². The molecule has 0 radical (unpaired) electrons. The zero-order valence-electron chi connectivity index (χ0n) is 11.2. The molecule has 0 aromatic carbocycles. The molecule has 0 amide bonds. The molecule has 0 bridgehead atoms. The van der Waals surface area contributed by atoms with Crippen LogP contribution in [0.25, 0.3) is 0 Å². The number of hydrogen-bond acceptors (Lipinski definition) is 2. The smallest absolute Gasteiger partial charge is 0.00103 e. The zero-order chi connectivity index (χ0) is 11.5. The first-order valence-corrected chi connectivity index (χ1v) is 6.58. The number of hydrogen-bond donors (Lipinski definition) is 1. The third-order valence-corrected chi connectivity index (χ3v) is 2.66. The van der Waals surface area contributed by atoms with E-state index in [4.69, 9.17) is 0 Å². The van der Waals surface area contributed by atoms with E-state index in [9.17, 15) is 0 Å². The van der Waals surface area contributed by atoms with Gasteiger partial charge in [0, 0.05) is 6.04 Å². The van der Waals surface area contributed by atoms with E-state index in [1.165, 1.54) is 51.7 Å². The largest absolute Gasteiger partial charge is 0.315 e. The monoisotopic (exact) mass is 214 g/mol. The van der Waals surface area contributed by atoms with Crippen LogP contribution >= 0.6 is 0 Å². The SMILES string of the molecule is CCCCN(C)CCCCCNC(C)C. The van der Waals surface area contributed by atoms with Gasteiger partial charge in [-0.05, 0) is 45.9 Å². The van der Waals surface area contributed by atoms with Gasteiger partial charge in [0.05, 0.1) is 0 Å². The minimum atomic E-state index is 0.636. The zero-order valence-corrected chi connectivity index (χ0v) is 11.2. The van der Waals surface area contributed by atoms with Crippen LogP contribution in [0.3, 0.4) is 0 Å². The van der Waals surface area contributed by atoms with Crippen molar-refractivity contribution in [1.29, 1.82) is 0 Å². The summed E-state index contributed by atoms with van der Waals surface area (Å²) in [7, 11) is 2.24. The van der Waals surface area contributed by atoms with Crippen molar-refractivity contribution in [2.24, 2.45) is 0 Å². The van der Waals surface area contributed by atoms with Gasteiger partial charge in [-0.2, -0.15) is 0 Å². The van der Waals surface area contributed by atoms with E-state index in [-0.39, 0.29) is 0 Å². The summed E-state index contributed by atoms with van der Waals surface area (Å²) in [6.45, 7) is 10.4. The molecule has 0 aromatic rings. The quantitative estimate of drug-likeness (QED) is 0.563. The predicted octanol–water partition coefficient (Wildman–Crippen LogP) is 2.89. The molecule has 0 aliphatic rings. The summed E-state index contributed by atoms with van der Waals surface area (Å²) in [5.74, 6) is 0. The van der Waals surface area contributed by atoms with Crippen molar-refractivity contribution in [1.82, 2.24) is 10.2 Å². The van der Waals surface area contributed by atoms with Crippen LogP contribution in [-0.2, 0) is 0 Å². The summed E-state index contributed by atoms with van der Waals surface area (Å²) >= 11 is 0. The Morgan fingerprint density at radius 3 is 2.27 bits per heavy atom. The molecule has 1 N–H and O–H groups in total. The summed E-state index contributed by atoms with van der Waals surface area (Å²) in [6, 6.07) is 0.636. The fourth-order valence-electron chi connectivity index (χ4n) is 1.61. The average Bonchev–Trinajstić information content (AvgIpc) is 2.19. The highest BCUT2D eigenvalue weighted by atomic mass is 15.1. The van der Waals surface area contributed by atoms with E-state index in [1.807, 2.05) is 0 Å². The molecule has 0 aromatic heterocycles. The maximum Gasteiger partial charge on any atom is 0.00103 e. The Kier molecular flexibility index (Phi) is 10.4. The lowest BCUT2D eigenvalue weighted by Gasteiger charge is -2.15. The van der Waals surface area contributed by atoms with Gasteiger partial charge in [-0.25, -0.2) is 0 Å². The highest BCUT2D eigenvalue weighted by molar-refractivity contribution is 4.55. The van der Waals surface area contributed by atoms with Crippen molar-refractivity contribution in [3.63, 3.8) is 0 Å². The molecule has 0 aliphatic heterocycles. The standard InChI is InChI=1S/C13H30N2/c1-5-6-11-15(4)12-9-7-8-10-14-13(2)3/h13-14H,5-12H2,1-4H3. The van der Waals surface area contributed by atoms with Crippen LogP contribution in [0.1, 0.15) is 52.9 Å². The van der Waals surface area contributed by atoms with Crippen molar-refractivity contribution in [3.05, 3.63) is 0 Å². The molecule has 0 unspecified atom stereocenters. The Morgan fingerprint density at radius 2 is 1.67 bits per heavy atom. The molecule has 0 heterocycles. The van der Waals surface area contributed by atoms with Crippen LogP contribution < -0.4 is 5.32 Å². The second kappa shape index (κ2) is 10.4. The van der Waals surface area contributed by atoms with Gasteiger partial charge in [0.2, 0.25) is 0 Å². The molecule has 2 heteroatoms. The summed E-state index contributed by atoms with van der Waals surface area (Å²) in [4.78, 5) is 2.46. The Bertz CT molecular complexity index is 124. The predicted molar refractivity (Wildman–Crippen MR) is 69.4 cm³/mol. The number of unbranched alkanes of at least 4 members (excludes halogenated alkanes) is 3. The molecule has 92 valence electrons. The van der Waals surface area contributed by atoms with E-state index in [2.05, 4.69) is 38.0 Å². The molecular formula is C13H30N2. The molecule has 0 saturated carbocycles. The lowest BCUT2D eigenvalue weighted by molar-refractivity contribution is 0.318. The lowest BCUT2D eigenvalue weighted by atomic mass is 10.2. The second-order valence-corrected chi connectivity index (χ2v) is 4.83. The molecule has 0 spiro atoms. The average molecular weight is 214 g/mol. The molecule has 2 nitrogen and oxygen atoms in total. The Hall–Kier alpha value is -0.0800. The van der Waals surface area contributed by atoms with Gasteiger partial charge in [0.15, 0.2) is 0 Å². The molecule has 0 saturated heterocycles. The van der Waals surface area contributed by atoms with E-state index < -0.39 is 0 Å². The minimum absolute atomic E-state index is 0.636. The van der Waals surface area contributed by atoms with Gasteiger partial charge in [0.25, 0.3) is 0 Å². The van der Waals surface area contributed by atoms with Crippen molar-refractivity contribution in [2.45, 2.75) is 58.9 Å². The molecule has 0 aliphatic carbocycles. The maximum atomic E-state index is 3.45. The first-order chi connectivity index (χ1) is 7.16. The van der Waals surface area contributed by atoms with Gasteiger partial charge in [-0.15, -0.1) is 0 Å². The van der Waals surface area contributed by atoms with Gasteiger partial charge in [-0.3, -0.25) is 0 Å². The van der Waals surface area contributed by atoms with Crippen molar-refractivity contribution < 1.29 is 0 Å². The second-order valence-electron chi connectivity index (χ2n) is 4.83. The van der Waals surface area contributed by atoms with Crippen molar-refractivity contribution >= 4 is 0 Å². The summed E-state index contributed by atoms with van der Waals surface area (Å²) < 4.78 is 0. The minimum Gasteiger partial charge on any atom is -0.315 e. The third-order valence-electron chi connectivity index (χ3n) is 2.66. The molecule has 0 fully saturated rings. The summed E-state index contributed by atoms with van der Waals surface area (Å²) in [6.07, 6.45) is 6.67. The Labute approximate surface area is 96.4 Å². The molecule has 0 rings (SSSR count). The number of nitrogens with one attached hydrogen (secondary N) is 1. The fraction of sp³-hybridized carbons (Fsp3) is 1.00. The topological polar surface area (TPSA) is 15.3 Å². The summed E-state index contributed by atoms with van der Waals surface area (Å²) in [5.41, 5.74) is 0. The first-order valence-electron chi connectivity index (χ1n) is 6.58. The van der Waals surface area contributed by atoms with Crippen LogP contribution in [0.2, 0.25) is 0 Å². The Morgan fingerprint density at radius 1 is 1.00 bits per heavy atom. The van der Waals surface area contributed by atoms with Gasteiger partial charge >= 0.3 is 0 Å². The number of rotatable bonds is 10. The van der Waals surface area contributed by atoms with Gasteiger partial charge in [-0.1, -0.05) is 33.6 Å². The summed E-state index contributed by atoms with van der Waals surface area (Å²) in [5, 5.41) is 3.45. The normalized spacial score (nSPS) is 11.6. The first kappa shape index (κ1) is 14.9. The fourth-order valence-corrected chi connectivity index (χ4v) is 1.61. The van der Waals surface area contributed by atoms with Crippen LogP contribution in [0.5, 0.6) is 0 Å². The van der Waals surface area contributed by atoms with Crippen LogP contribution in [0.4, 0.5) is 0 Å². The highest BCUT2D eigenvalue weighted by Gasteiger charge is 1.97. The molecule has 0 atom stereocenters. The van der Waals surface area contributed by atoms with E-state index >= 15 is 0 Å². The van der Waals surface area contributed by atoms with Crippen LogP contribution in [0, 0.1) is 0 Å². The number of nitrogens with zero attached hydrogens (tertiary/aromatic N) is 1. The highest BCUT2D eigenvalue weighted by Crippen LogP contribution is 1.98. The van der Waals surface area contributed by atoms with Gasteiger partial charge < -0.3 is 10.2 Å². The maximum absolute atomic E-state index is 3.45. The molecule has 15 heavy (non-hydrogen) atoms. The van der Waals surface area contributed by atoms with Gasteiger partial charge in [0.1, 0.15) is 0 Å². The van der Waals surface area contributed by atoms with E-state index in [0.717, 1.165) is 0 Å². The van der Waals surface area contributed by atoms with E-state index in [0.29, 0.717) is 6.04 Å². The van der Waals surface area contributed by atoms with Crippen LogP contribution in [0.15, 0.2) is 0 Å². The van der Waals surface area contributed by atoms with Crippen molar-refractivity contribution in [2.75, 3.05) is 26.7 Å². The van der Waals surface area contributed by atoms with Crippen molar-refractivity contribution in [3.8, 4) is 0 Å². The lowest BCUT2D eigenvalue weighted by Crippen LogP contribution is -2.24. The Balaban J connectivity index is 3.09.